The molecular formula is C13H17N3O3. The van der Waals surface area contributed by atoms with Crippen LogP contribution in [0.25, 0.3) is 0 Å². The molecule has 1 aromatic carbocycles. The molecule has 1 aliphatic rings. The fourth-order valence-corrected chi connectivity index (χ4v) is 1.98. The number of para-hydroxylation sites is 1. The van der Waals surface area contributed by atoms with E-state index < -0.39 is 11.9 Å². The zero-order valence-electron chi connectivity index (χ0n) is 10.8. The maximum absolute atomic E-state index is 12.2. The second-order valence-corrected chi connectivity index (χ2v) is 4.43. The minimum atomic E-state index is -0.710. The minimum Gasteiger partial charge on any atom is -0.377 e. The second kappa shape index (κ2) is 5.71. The van der Waals surface area contributed by atoms with E-state index >= 15 is 0 Å². The Bertz CT molecular complexity index is 490. The van der Waals surface area contributed by atoms with Gasteiger partial charge in [-0.25, -0.2) is 4.79 Å². The first-order valence-corrected chi connectivity index (χ1v) is 6.10. The number of primary amides is 1. The summed E-state index contributed by atoms with van der Waals surface area (Å²) in [6.45, 7) is 2.81. The monoisotopic (exact) mass is 263 g/mol. The zero-order chi connectivity index (χ0) is 13.8. The number of hydrogen-bond donors (Lipinski definition) is 2. The average Bonchev–Trinajstić information content (AvgIpc) is 2.41. The van der Waals surface area contributed by atoms with Gasteiger partial charge in [0.2, 0.25) is 5.91 Å². The van der Waals surface area contributed by atoms with Crippen LogP contribution in [0.2, 0.25) is 0 Å². The highest BCUT2D eigenvalue weighted by Gasteiger charge is 2.31. The molecule has 1 aromatic rings. The molecule has 1 aliphatic heterocycles. The van der Waals surface area contributed by atoms with Crippen molar-refractivity contribution in [3.8, 4) is 0 Å². The topological polar surface area (TPSA) is 84.7 Å². The van der Waals surface area contributed by atoms with Crippen molar-refractivity contribution in [2.75, 3.05) is 25.1 Å². The summed E-state index contributed by atoms with van der Waals surface area (Å²) in [5.74, 6) is -0.556. The van der Waals surface area contributed by atoms with Gasteiger partial charge in [-0.05, 0) is 18.6 Å². The lowest BCUT2D eigenvalue weighted by molar-refractivity contribution is -0.126. The highest BCUT2D eigenvalue weighted by Crippen LogP contribution is 2.15. The van der Waals surface area contributed by atoms with Crippen LogP contribution in [0.3, 0.4) is 0 Å². The molecule has 3 N–H and O–H groups in total. The summed E-state index contributed by atoms with van der Waals surface area (Å²) in [5.41, 5.74) is 6.96. The van der Waals surface area contributed by atoms with Crippen molar-refractivity contribution < 1.29 is 14.3 Å². The van der Waals surface area contributed by atoms with Gasteiger partial charge in [0.05, 0.1) is 13.2 Å². The summed E-state index contributed by atoms with van der Waals surface area (Å²) in [5, 5.41) is 2.79. The van der Waals surface area contributed by atoms with E-state index in [2.05, 4.69) is 5.32 Å². The Hall–Kier alpha value is -2.08. The molecule has 1 unspecified atom stereocenters. The lowest BCUT2D eigenvalue weighted by Crippen LogP contribution is -2.55. The van der Waals surface area contributed by atoms with Crippen LogP contribution < -0.4 is 11.1 Å². The summed E-state index contributed by atoms with van der Waals surface area (Å²) in [7, 11) is 0. The van der Waals surface area contributed by atoms with E-state index in [0.29, 0.717) is 13.2 Å². The number of rotatable bonds is 2. The van der Waals surface area contributed by atoms with Crippen LogP contribution in [0.5, 0.6) is 0 Å². The molecular weight excluding hydrogens is 246 g/mol. The Kier molecular flexibility index (Phi) is 4.01. The van der Waals surface area contributed by atoms with Crippen LogP contribution in [0.4, 0.5) is 10.5 Å². The molecule has 0 bridgehead atoms. The van der Waals surface area contributed by atoms with Crippen molar-refractivity contribution >= 4 is 17.6 Å². The van der Waals surface area contributed by atoms with Crippen molar-refractivity contribution in [3.63, 3.8) is 0 Å². The average molecular weight is 263 g/mol. The van der Waals surface area contributed by atoms with Crippen molar-refractivity contribution in [1.29, 1.82) is 0 Å². The van der Waals surface area contributed by atoms with Gasteiger partial charge in [-0.3, -0.25) is 4.79 Å². The van der Waals surface area contributed by atoms with Crippen molar-refractivity contribution in [2.24, 2.45) is 5.73 Å². The van der Waals surface area contributed by atoms with Crippen LogP contribution in [0.15, 0.2) is 24.3 Å². The molecule has 1 heterocycles. The van der Waals surface area contributed by atoms with Crippen molar-refractivity contribution in [1.82, 2.24) is 4.90 Å². The van der Waals surface area contributed by atoms with Gasteiger partial charge < -0.3 is 20.7 Å². The first-order valence-electron chi connectivity index (χ1n) is 6.10. The Morgan fingerprint density at radius 1 is 1.42 bits per heavy atom. The lowest BCUT2D eigenvalue weighted by Gasteiger charge is -2.33. The Morgan fingerprint density at radius 2 is 2.16 bits per heavy atom. The van der Waals surface area contributed by atoms with Crippen LogP contribution in [0, 0.1) is 6.92 Å². The maximum atomic E-state index is 12.2. The first-order chi connectivity index (χ1) is 9.09. The van der Waals surface area contributed by atoms with Gasteiger partial charge in [-0.1, -0.05) is 18.2 Å². The molecule has 1 fully saturated rings. The van der Waals surface area contributed by atoms with E-state index in [-0.39, 0.29) is 12.6 Å². The molecule has 1 saturated heterocycles. The normalized spacial score (nSPS) is 19.0. The third kappa shape index (κ3) is 3.03. The van der Waals surface area contributed by atoms with E-state index in [1.54, 1.807) is 0 Å². The third-order valence-corrected chi connectivity index (χ3v) is 3.10. The number of aryl methyl sites for hydroxylation is 1. The number of nitrogens with zero attached hydrogens (tertiary/aromatic N) is 1. The number of nitrogens with one attached hydrogen (secondary N) is 1. The van der Waals surface area contributed by atoms with Crippen LogP contribution in [-0.2, 0) is 9.53 Å². The molecule has 2 rings (SSSR count). The number of benzene rings is 1. The Morgan fingerprint density at radius 3 is 2.84 bits per heavy atom. The predicted molar refractivity (Wildman–Crippen MR) is 70.7 cm³/mol. The number of amides is 3. The van der Waals surface area contributed by atoms with Gasteiger partial charge in [0.15, 0.2) is 0 Å². The molecule has 0 spiro atoms. The standard InChI is InChI=1S/C13H17N3O3/c1-9-4-2-3-5-10(9)15-13(18)16-6-7-19-8-11(16)12(14)17/h2-5,11H,6-8H2,1H3,(H2,14,17)(H,15,18). The van der Waals surface area contributed by atoms with E-state index in [1.807, 2.05) is 31.2 Å². The number of urea groups is 1. The largest absolute Gasteiger partial charge is 0.377 e. The van der Waals surface area contributed by atoms with Gasteiger partial charge >= 0.3 is 6.03 Å². The highest BCUT2D eigenvalue weighted by atomic mass is 16.5. The molecule has 19 heavy (non-hydrogen) atoms. The zero-order valence-corrected chi connectivity index (χ0v) is 10.8. The number of ether oxygens (including phenoxy) is 1. The van der Waals surface area contributed by atoms with E-state index in [9.17, 15) is 9.59 Å². The Labute approximate surface area is 111 Å². The highest BCUT2D eigenvalue weighted by molar-refractivity contribution is 5.94. The number of morpholine rings is 1. The van der Waals surface area contributed by atoms with Crippen LogP contribution in [0.1, 0.15) is 5.56 Å². The van der Waals surface area contributed by atoms with Crippen molar-refractivity contribution in [2.45, 2.75) is 13.0 Å². The number of nitrogens with two attached hydrogens (primary N) is 1. The fraction of sp³-hybridized carbons (Fsp3) is 0.385. The van der Waals surface area contributed by atoms with Crippen LogP contribution in [-0.4, -0.2) is 42.6 Å². The lowest BCUT2D eigenvalue weighted by atomic mass is 10.2. The van der Waals surface area contributed by atoms with E-state index in [0.717, 1.165) is 11.3 Å². The quantitative estimate of drug-likeness (QED) is 0.824. The fourth-order valence-electron chi connectivity index (χ4n) is 1.98. The summed E-state index contributed by atoms with van der Waals surface area (Å²) in [6.07, 6.45) is 0. The van der Waals surface area contributed by atoms with Gasteiger partial charge in [-0.2, -0.15) is 0 Å². The number of anilines is 1. The van der Waals surface area contributed by atoms with Gasteiger partial charge in [0, 0.05) is 12.2 Å². The smallest absolute Gasteiger partial charge is 0.322 e. The van der Waals surface area contributed by atoms with Gasteiger partial charge in [-0.15, -0.1) is 0 Å². The number of carbonyl (C=O) groups is 2. The van der Waals surface area contributed by atoms with E-state index in [4.69, 9.17) is 10.5 Å². The Balaban J connectivity index is 2.10. The third-order valence-electron chi connectivity index (χ3n) is 3.10. The van der Waals surface area contributed by atoms with Crippen molar-refractivity contribution in [3.05, 3.63) is 29.8 Å². The minimum absolute atomic E-state index is 0.149. The van der Waals surface area contributed by atoms with E-state index in [1.165, 1.54) is 4.90 Å². The predicted octanol–water partition coefficient (Wildman–Crippen LogP) is 0.713. The second-order valence-electron chi connectivity index (χ2n) is 4.43. The number of carbonyl (C=O) groups excluding carboxylic acids is 2. The molecule has 102 valence electrons. The molecule has 0 aromatic heterocycles. The molecule has 0 saturated carbocycles. The van der Waals surface area contributed by atoms with Gasteiger partial charge in [0.1, 0.15) is 6.04 Å². The molecule has 3 amide bonds. The summed E-state index contributed by atoms with van der Waals surface area (Å²) >= 11 is 0. The number of hydrogen-bond acceptors (Lipinski definition) is 3. The van der Waals surface area contributed by atoms with Gasteiger partial charge in [0.25, 0.3) is 0 Å². The van der Waals surface area contributed by atoms with Crippen LogP contribution >= 0.6 is 0 Å². The first kappa shape index (κ1) is 13.4. The maximum Gasteiger partial charge on any atom is 0.322 e. The molecule has 6 heteroatoms. The molecule has 1 atom stereocenters. The summed E-state index contributed by atoms with van der Waals surface area (Å²) in [4.78, 5) is 24.9. The summed E-state index contributed by atoms with van der Waals surface area (Å²) in [6, 6.07) is 6.41. The molecule has 0 radical (unpaired) electrons. The molecule has 6 nitrogen and oxygen atoms in total. The summed E-state index contributed by atoms with van der Waals surface area (Å²) < 4.78 is 5.18. The molecule has 0 aliphatic carbocycles. The SMILES string of the molecule is Cc1ccccc1NC(=O)N1CCOCC1C(N)=O.